The molecule has 11 heteroatoms. The van der Waals surface area contributed by atoms with Crippen LogP contribution in [0.25, 0.3) is 16.8 Å². The molecule has 3 saturated heterocycles. The van der Waals surface area contributed by atoms with Crippen molar-refractivity contribution in [1.82, 2.24) is 29.0 Å². The number of nitrogens with zero attached hydrogens (tertiary/aromatic N) is 7. The average molecular weight is 564 g/mol. The molecule has 2 unspecified atom stereocenters. The molecule has 4 aromatic rings. The Morgan fingerprint density at radius 2 is 1.83 bits per heavy atom. The molecule has 214 valence electrons. The molecule has 3 aliphatic heterocycles. The lowest BCUT2D eigenvalue weighted by molar-refractivity contribution is -0.136. The van der Waals surface area contributed by atoms with Gasteiger partial charge in [-0.1, -0.05) is 25.1 Å². The summed E-state index contributed by atoms with van der Waals surface area (Å²) in [6.07, 6.45) is 3.58. The van der Waals surface area contributed by atoms with Gasteiger partial charge in [0.25, 0.3) is 5.56 Å². The van der Waals surface area contributed by atoms with Gasteiger partial charge in [-0.25, -0.2) is 4.98 Å². The van der Waals surface area contributed by atoms with Gasteiger partial charge in [0.15, 0.2) is 5.65 Å². The summed E-state index contributed by atoms with van der Waals surface area (Å²) >= 11 is 0. The molecule has 1 aromatic carbocycles. The fourth-order valence-corrected chi connectivity index (χ4v) is 7.47. The van der Waals surface area contributed by atoms with E-state index >= 15 is 0 Å². The number of alkyl halides is 3. The van der Waals surface area contributed by atoms with Gasteiger partial charge in [0, 0.05) is 44.6 Å². The number of fused-ring (bicyclic) bond motifs is 4. The molecule has 1 aliphatic carbocycles. The molecular weight excluding hydrogens is 531 g/mol. The molecule has 4 aliphatic rings. The highest BCUT2D eigenvalue weighted by Gasteiger charge is 2.48. The van der Waals surface area contributed by atoms with E-state index in [0.717, 1.165) is 54.1 Å². The first kappa shape index (κ1) is 26.2. The maximum atomic E-state index is 14.3. The van der Waals surface area contributed by atoms with Crippen LogP contribution in [-0.2, 0) is 18.6 Å². The van der Waals surface area contributed by atoms with Gasteiger partial charge in [-0.15, -0.1) is 10.2 Å². The van der Waals surface area contributed by atoms with E-state index in [2.05, 4.69) is 34.1 Å². The lowest BCUT2D eigenvalue weighted by Gasteiger charge is -2.51. The number of hydrogen-bond donors (Lipinski definition) is 0. The third-order valence-corrected chi connectivity index (χ3v) is 9.49. The number of pyridine rings is 1. The highest BCUT2D eigenvalue weighted by Crippen LogP contribution is 2.51. The van der Waals surface area contributed by atoms with Crippen molar-refractivity contribution < 1.29 is 13.2 Å². The Bertz CT molecular complexity index is 1700. The van der Waals surface area contributed by atoms with E-state index in [9.17, 15) is 18.0 Å². The van der Waals surface area contributed by atoms with E-state index < -0.39 is 17.3 Å². The first-order valence-electron chi connectivity index (χ1n) is 14.1. The minimum Gasteiger partial charge on any atom is -0.364 e. The summed E-state index contributed by atoms with van der Waals surface area (Å²) in [5.41, 5.74) is 0.162. The van der Waals surface area contributed by atoms with E-state index in [1.165, 1.54) is 6.20 Å². The monoisotopic (exact) mass is 563 g/mol. The van der Waals surface area contributed by atoms with E-state index in [-0.39, 0.29) is 28.7 Å². The van der Waals surface area contributed by atoms with Crippen LogP contribution in [0.15, 0.2) is 53.8 Å². The molecule has 8 rings (SSSR count). The molecule has 0 radical (unpaired) electrons. The Balaban J connectivity index is 1.36. The van der Waals surface area contributed by atoms with E-state index in [4.69, 9.17) is 0 Å². The summed E-state index contributed by atoms with van der Waals surface area (Å²) in [6, 6.07) is 9.23. The predicted molar refractivity (Wildman–Crippen MR) is 149 cm³/mol. The molecule has 3 aromatic heterocycles. The maximum Gasteiger partial charge on any atom is 0.420 e. The summed E-state index contributed by atoms with van der Waals surface area (Å²) in [5.74, 6) is 1.37. The fraction of sp³-hybridized carbons (Fsp3) is 0.467. The number of halogens is 3. The molecule has 41 heavy (non-hydrogen) atoms. The molecule has 2 atom stereocenters. The van der Waals surface area contributed by atoms with Gasteiger partial charge in [-0.05, 0) is 61.9 Å². The average Bonchev–Trinajstić information content (AvgIpc) is 3.36. The van der Waals surface area contributed by atoms with Gasteiger partial charge in [0.2, 0.25) is 0 Å². The van der Waals surface area contributed by atoms with E-state index in [1.807, 2.05) is 40.8 Å². The van der Waals surface area contributed by atoms with Crippen molar-refractivity contribution in [2.24, 2.45) is 13.0 Å². The van der Waals surface area contributed by atoms with Crippen LogP contribution in [0.1, 0.15) is 49.6 Å². The standard InChI is InChI=1S/C30H32F3N7O/c1-18-11-29(12-18,28-36-35-17-38(28)3)20-6-4-5-19(9-20)24-13-34-26-25(30(31,32)33)10-23(16-40(26)27(24)41)39-15-21-7-8-22(39)14-37(21)2/h4-6,9-10,13,16-18,21-22H,7-8,11-12,14-15H2,1-3H3. The van der Waals surface area contributed by atoms with Crippen LogP contribution in [0.3, 0.4) is 0 Å². The largest absolute Gasteiger partial charge is 0.420 e. The number of aryl methyl sites for hydroxylation is 1. The first-order chi connectivity index (χ1) is 19.5. The smallest absolute Gasteiger partial charge is 0.364 e. The number of hydrogen-bond acceptors (Lipinski definition) is 6. The Hall–Kier alpha value is -3.73. The Morgan fingerprint density at radius 1 is 1.05 bits per heavy atom. The maximum absolute atomic E-state index is 14.3. The Kier molecular flexibility index (Phi) is 5.84. The lowest BCUT2D eigenvalue weighted by atomic mass is 9.58. The number of rotatable bonds is 4. The summed E-state index contributed by atoms with van der Waals surface area (Å²) < 4.78 is 45.9. The van der Waals surface area contributed by atoms with Gasteiger partial charge in [-0.2, -0.15) is 13.2 Å². The molecule has 0 amide bonds. The number of piperazine rings is 1. The molecular formula is C30H32F3N7O. The van der Waals surface area contributed by atoms with Crippen LogP contribution in [0.2, 0.25) is 0 Å². The zero-order valence-electron chi connectivity index (χ0n) is 23.3. The summed E-state index contributed by atoms with van der Waals surface area (Å²) in [5, 5.41) is 8.50. The second-order valence-corrected chi connectivity index (χ2v) is 12.2. The minimum absolute atomic E-state index is 0.105. The van der Waals surface area contributed by atoms with Crippen molar-refractivity contribution in [3.05, 3.63) is 76.4 Å². The second-order valence-electron chi connectivity index (χ2n) is 12.2. The number of benzene rings is 1. The zero-order valence-corrected chi connectivity index (χ0v) is 23.3. The van der Waals surface area contributed by atoms with E-state index in [1.54, 1.807) is 12.5 Å². The van der Waals surface area contributed by atoms with Gasteiger partial charge >= 0.3 is 6.18 Å². The van der Waals surface area contributed by atoms with Crippen molar-refractivity contribution in [3.8, 4) is 11.1 Å². The summed E-state index contributed by atoms with van der Waals surface area (Å²) in [6.45, 7) is 3.62. The third kappa shape index (κ3) is 4.07. The van der Waals surface area contributed by atoms with Crippen molar-refractivity contribution in [2.75, 3.05) is 25.0 Å². The third-order valence-electron chi connectivity index (χ3n) is 9.49. The molecule has 6 heterocycles. The van der Waals surface area contributed by atoms with Gasteiger partial charge in [-0.3, -0.25) is 14.1 Å². The minimum atomic E-state index is -4.66. The van der Waals surface area contributed by atoms with Crippen LogP contribution < -0.4 is 10.5 Å². The molecule has 1 saturated carbocycles. The van der Waals surface area contributed by atoms with E-state index in [0.29, 0.717) is 23.7 Å². The fourth-order valence-electron chi connectivity index (χ4n) is 7.47. The van der Waals surface area contributed by atoms with Crippen molar-refractivity contribution in [3.63, 3.8) is 0 Å². The zero-order chi connectivity index (χ0) is 28.7. The first-order valence-corrected chi connectivity index (χ1v) is 14.1. The van der Waals surface area contributed by atoms with Crippen molar-refractivity contribution in [2.45, 2.75) is 56.3 Å². The van der Waals surface area contributed by atoms with Crippen LogP contribution >= 0.6 is 0 Å². The number of anilines is 1. The van der Waals surface area contributed by atoms with Crippen LogP contribution in [0, 0.1) is 5.92 Å². The van der Waals surface area contributed by atoms with Gasteiger partial charge < -0.3 is 9.47 Å². The number of piperidine rings is 2. The van der Waals surface area contributed by atoms with Gasteiger partial charge in [0.1, 0.15) is 17.7 Å². The van der Waals surface area contributed by atoms with Gasteiger partial charge in [0.05, 0.1) is 16.7 Å². The molecule has 0 N–H and O–H groups in total. The molecule has 8 nitrogen and oxygen atoms in total. The predicted octanol–water partition coefficient (Wildman–Crippen LogP) is 4.51. The Labute approximate surface area is 235 Å². The Morgan fingerprint density at radius 3 is 2.46 bits per heavy atom. The van der Waals surface area contributed by atoms with Crippen LogP contribution in [0.4, 0.5) is 18.9 Å². The quantitative estimate of drug-likeness (QED) is 0.364. The molecule has 2 bridgehead atoms. The highest BCUT2D eigenvalue weighted by atomic mass is 19.4. The molecule has 4 fully saturated rings. The number of likely N-dealkylation sites (N-methyl/N-ethyl adjacent to an activating group) is 1. The lowest BCUT2D eigenvalue weighted by Crippen LogP contribution is -2.61. The van der Waals surface area contributed by atoms with Crippen molar-refractivity contribution in [1.29, 1.82) is 0 Å². The normalized spacial score (nSPS) is 26.5. The second kappa shape index (κ2) is 9.14. The summed E-state index contributed by atoms with van der Waals surface area (Å²) in [4.78, 5) is 22.5. The molecule has 0 spiro atoms. The highest BCUT2D eigenvalue weighted by molar-refractivity contribution is 5.67. The van der Waals surface area contributed by atoms with Crippen LogP contribution in [0.5, 0.6) is 0 Å². The summed E-state index contributed by atoms with van der Waals surface area (Å²) in [7, 11) is 3.98. The van der Waals surface area contributed by atoms with Crippen molar-refractivity contribution >= 4 is 11.3 Å². The van der Waals surface area contributed by atoms with Crippen LogP contribution in [-0.4, -0.2) is 61.3 Å². The number of aromatic nitrogens is 5. The SMILES string of the molecule is CC1CC(c2cccc(-c3cnc4c(C(F)(F)F)cc(N5CC6CCC5CN6C)cn4c3=O)c2)(c2nncn2C)C1. The topological polar surface area (TPSA) is 71.6 Å².